The van der Waals surface area contributed by atoms with E-state index >= 15 is 0 Å². The van der Waals surface area contributed by atoms with Crippen LogP contribution in [0.2, 0.25) is 0 Å². The van der Waals surface area contributed by atoms with Gasteiger partial charge in [0.1, 0.15) is 5.60 Å². The lowest BCUT2D eigenvalue weighted by atomic mass is 10.2. The Morgan fingerprint density at radius 1 is 0.969 bits per heavy atom. The van der Waals surface area contributed by atoms with Gasteiger partial charge in [0.2, 0.25) is 0 Å². The molecule has 3 rings (SSSR count). The van der Waals surface area contributed by atoms with Crippen LogP contribution in [0.1, 0.15) is 39.2 Å². The van der Waals surface area contributed by atoms with Gasteiger partial charge in [-0.1, -0.05) is 36.4 Å². The van der Waals surface area contributed by atoms with Crippen LogP contribution in [-0.2, 0) is 21.3 Å². The highest BCUT2D eigenvalue weighted by atomic mass is 32.2. The van der Waals surface area contributed by atoms with Crippen molar-refractivity contribution in [2.24, 2.45) is 0 Å². The van der Waals surface area contributed by atoms with Gasteiger partial charge in [0, 0.05) is 24.7 Å². The normalized spacial score (nSPS) is 12.1. The number of rotatable bonds is 9. The fourth-order valence-corrected chi connectivity index (χ4v) is 4.78. The van der Waals surface area contributed by atoms with Crippen LogP contribution in [0.15, 0.2) is 65.7 Å². The van der Waals surface area contributed by atoms with E-state index in [1.165, 1.54) is 3.97 Å². The molecule has 0 aliphatic heterocycles. The zero-order valence-corrected chi connectivity index (χ0v) is 19.6. The smallest absolute Gasteiger partial charge is 0.407 e. The van der Waals surface area contributed by atoms with E-state index in [0.717, 1.165) is 30.3 Å². The number of carbonyl (C=O) groups excluding carboxylic acids is 1. The third kappa shape index (κ3) is 6.11. The van der Waals surface area contributed by atoms with Crippen molar-refractivity contribution in [2.45, 2.75) is 50.7 Å². The van der Waals surface area contributed by atoms with Crippen molar-refractivity contribution in [3.8, 4) is 0 Å². The van der Waals surface area contributed by atoms with E-state index in [4.69, 9.17) is 4.74 Å². The van der Waals surface area contributed by atoms with Crippen molar-refractivity contribution >= 4 is 27.0 Å². The number of nitrogens with one attached hydrogen (secondary N) is 2. The van der Waals surface area contributed by atoms with Gasteiger partial charge in [-0.15, -0.1) is 0 Å². The summed E-state index contributed by atoms with van der Waals surface area (Å²) < 4.78 is 32.9. The maximum Gasteiger partial charge on any atom is 0.407 e. The molecular weight excluding hydrogens is 426 g/mol. The Labute approximate surface area is 189 Å². The van der Waals surface area contributed by atoms with Gasteiger partial charge in [-0.2, -0.15) is 0 Å². The van der Waals surface area contributed by atoms with Crippen LogP contribution in [-0.4, -0.2) is 37.2 Å². The molecule has 0 saturated carbocycles. The van der Waals surface area contributed by atoms with Gasteiger partial charge in [0.05, 0.1) is 10.4 Å². The molecule has 0 radical (unpaired) electrons. The molecule has 32 heavy (non-hydrogen) atoms. The second kappa shape index (κ2) is 10.2. The second-order valence-electron chi connectivity index (χ2n) is 8.60. The van der Waals surface area contributed by atoms with Gasteiger partial charge >= 0.3 is 6.09 Å². The molecule has 0 aliphatic carbocycles. The average Bonchev–Trinajstić information content (AvgIpc) is 3.12. The number of benzene rings is 2. The number of carbonyl (C=O) groups is 1. The number of alkyl carbamates (subject to hydrolysis) is 1. The summed E-state index contributed by atoms with van der Waals surface area (Å²) in [4.78, 5) is 11.9. The van der Waals surface area contributed by atoms with E-state index < -0.39 is 21.7 Å². The van der Waals surface area contributed by atoms with Crippen LogP contribution in [0, 0.1) is 0 Å². The lowest BCUT2D eigenvalue weighted by molar-refractivity contribution is 0.0527. The third-order valence-corrected chi connectivity index (χ3v) is 6.51. The van der Waals surface area contributed by atoms with E-state index in [9.17, 15) is 13.2 Å². The van der Waals surface area contributed by atoms with Gasteiger partial charge in [-0.25, -0.2) is 17.2 Å². The van der Waals surface area contributed by atoms with Crippen LogP contribution in [0.5, 0.6) is 0 Å². The highest BCUT2D eigenvalue weighted by Crippen LogP contribution is 2.26. The van der Waals surface area contributed by atoms with E-state index in [1.54, 1.807) is 36.5 Å². The Morgan fingerprint density at radius 2 is 1.62 bits per heavy atom. The van der Waals surface area contributed by atoms with Crippen LogP contribution in [0.4, 0.5) is 4.79 Å². The molecule has 0 aliphatic rings. The minimum absolute atomic E-state index is 0.262. The van der Waals surface area contributed by atoms with Gasteiger partial charge in [0.25, 0.3) is 10.0 Å². The molecule has 0 bridgehead atoms. The number of hydrogen-bond acceptors (Lipinski definition) is 5. The summed E-state index contributed by atoms with van der Waals surface area (Å²) in [5, 5.41) is 7.03. The van der Waals surface area contributed by atoms with Crippen molar-refractivity contribution in [3.63, 3.8) is 0 Å². The summed E-state index contributed by atoms with van der Waals surface area (Å²) >= 11 is 0. The summed E-state index contributed by atoms with van der Waals surface area (Å²) in [6, 6.07) is 16.0. The van der Waals surface area contributed by atoms with Crippen molar-refractivity contribution in [2.75, 3.05) is 13.1 Å². The lowest BCUT2D eigenvalue weighted by Gasteiger charge is -2.19. The van der Waals surface area contributed by atoms with Crippen LogP contribution >= 0.6 is 0 Å². The van der Waals surface area contributed by atoms with E-state index in [-0.39, 0.29) is 4.90 Å². The molecule has 3 aromatic rings. The lowest BCUT2D eigenvalue weighted by Crippen LogP contribution is -2.33. The number of ether oxygens (including phenoxy) is 1. The molecule has 2 N–H and O–H groups in total. The highest BCUT2D eigenvalue weighted by Gasteiger charge is 2.20. The first kappa shape index (κ1) is 23.8. The number of unbranched alkanes of at least 4 members (excludes halogenated alkanes) is 1. The minimum atomic E-state index is -3.67. The van der Waals surface area contributed by atoms with Crippen molar-refractivity contribution in [1.29, 1.82) is 0 Å². The molecule has 2 aromatic carbocycles. The summed E-state index contributed by atoms with van der Waals surface area (Å²) in [7, 11) is -3.67. The zero-order valence-electron chi connectivity index (χ0n) is 18.8. The number of para-hydroxylation sites is 1. The van der Waals surface area contributed by atoms with Gasteiger partial charge in [0.15, 0.2) is 0 Å². The van der Waals surface area contributed by atoms with Gasteiger partial charge in [-0.3, -0.25) is 0 Å². The SMILES string of the molecule is CC(C)(C)OC(=O)NCCCCNCc1cn(S(=O)(=O)c2ccccc2)c2ccccc12. The highest BCUT2D eigenvalue weighted by molar-refractivity contribution is 7.90. The molecule has 7 nitrogen and oxygen atoms in total. The summed E-state index contributed by atoms with van der Waals surface area (Å²) in [6.45, 7) is 7.35. The van der Waals surface area contributed by atoms with Gasteiger partial charge < -0.3 is 15.4 Å². The molecule has 172 valence electrons. The molecule has 1 aromatic heterocycles. The van der Waals surface area contributed by atoms with Gasteiger partial charge in [-0.05, 0) is 63.9 Å². The number of aromatic nitrogens is 1. The molecule has 1 amide bonds. The third-order valence-electron chi connectivity index (χ3n) is 4.82. The molecule has 0 unspecified atom stereocenters. The standard InChI is InChI=1S/C24H31N3O4S/c1-24(2,3)31-23(28)26-16-10-9-15-25-17-19-18-27(22-14-8-7-13-21(19)22)32(29,30)20-11-5-4-6-12-20/h4-8,11-14,18,25H,9-10,15-17H2,1-3H3,(H,26,28). The van der Waals surface area contributed by atoms with E-state index in [0.29, 0.717) is 18.6 Å². The quantitative estimate of drug-likeness (QED) is 0.468. The monoisotopic (exact) mass is 457 g/mol. The Hall–Kier alpha value is -2.84. The van der Waals surface area contributed by atoms with Crippen molar-refractivity contribution in [1.82, 2.24) is 14.6 Å². The maximum absolute atomic E-state index is 13.1. The first-order valence-corrected chi connectivity index (χ1v) is 12.2. The topological polar surface area (TPSA) is 89.4 Å². The number of amides is 1. The Bertz CT molecular complexity index is 1150. The number of fused-ring (bicyclic) bond motifs is 1. The van der Waals surface area contributed by atoms with E-state index in [2.05, 4.69) is 10.6 Å². The Morgan fingerprint density at radius 3 is 2.34 bits per heavy atom. The second-order valence-corrected chi connectivity index (χ2v) is 10.4. The molecule has 0 atom stereocenters. The number of hydrogen-bond donors (Lipinski definition) is 2. The zero-order chi connectivity index (χ0) is 23.2. The minimum Gasteiger partial charge on any atom is -0.444 e. The summed E-state index contributed by atoms with van der Waals surface area (Å²) in [5.41, 5.74) is 1.08. The summed E-state index contributed by atoms with van der Waals surface area (Å²) in [5.74, 6) is 0. The molecule has 0 saturated heterocycles. The fraction of sp³-hybridized carbons (Fsp3) is 0.375. The molecular formula is C24H31N3O4S. The van der Waals surface area contributed by atoms with Crippen molar-refractivity contribution < 1.29 is 17.9 Å². The predicted octanol–water partition coefficient (Wildman–Crippen LogP) is 4.27. The predicted molar refractivity (Wildman–Crippen MR) is 126 cm³/mol. The average molecular weight is 458 g/mol. The Balaban J connectivity index is 1.57. The molecule has 0 fully saturated rings. The van der Waals surface area contributed by atoms with E-state index in [1.807, 2.05) is 45.0 Å². The van der Waals surface area contributed by atoms with Crippen molar-refractivity contribution in [3.05, 3.63) is 66.4 Å². The molecule has 8 heteroatoms. The maximum atomic E-state index is 13.1. The molecule has 1 heterocycles. The molecule has 0 spiro atoms. The van der Waals surface area contributed by atoms with Crippen LogP contribution in [0.25, 0.3) is 10.9 Å². The first-order chi connectivity index (χ1) is 15.2. The van der Waals surface area contributed by atoms with Crippen LogP contribution in [0.3, 0.4) is 0 Å². The number of nitrogens with zero attached hydrogens (tertiary/aromatic N) is 1. The first-order valence-electron chi connectivity index (χ1n) is 10.8. The fourth-order valence-electron chi connectivity index (χ4n) is 3.37. The summed E-state index contributed by atoms with van der Waals surface area (Å²) in [6.07, 6.45) is 2.98. The largest absolute Gasteiger partial charge is 0.444 e. The Kier molecular flexibility index (Phi) is 7.58. The van der Waals surface area contributed by atoms with Crippen LogP contribution < -0.4 is 10.6 Å².